The molecular weight excluding hydrogens is 301 g/mol. The summed E-state index contributed by atoms with van der Waals surface area (Å²) in [6.07, 6.45) is 0.535. The summed E-state index contributed by atoms with van der Waals surface area (Å²) < 4.78 is 14.4. The Hall–Kier alpha value is -2.26. The molecule has 3 heteroatoms. The van der Waals surface area contributed by atoms with Crippen molar-refractivity contribution < 1.29 is 9.50 Å². The fourth-order valence-corrected chi connectivity index (χ4v) is 2.84. The minimum Gasteiger partial charge on any atom is -0.384 e. The number of aryl methyl sites for hydroxylation is 2. The van der Waals surface area contributed by atoms with E-state index < -0.39 is 5.60 Å². The SMILES string of the molecule is CCC(C)(O)c1cc2cc(C)c(C)cc2c(-c2ccccc2F)n1. The Morgan fingerprint density at radius 3 is 2.42 bits per heavy atom. The van der Waals surface area contributed by atoms with Crippen LogP contribution in [0.5, 0.6) is 0 Å². The molecule has 1 heterocycles. The number of nitrogens with zero attached hydrogens (tertiary/aromatic N) is 1. The molecule has 0 amide bonds. The second-order valence-electron chi connectivity index (χ2n) is 6.62. The topological polar surface area (TPSA) is 33.1 Å². The predicted molar refractivity (Wildman–Crippen MR) is 96.5 cm³/mol. The Balaban J connectivity index is 2.41. The number of halogens is 1. The van der Waals surface area contributed by atoms with Gasteiger partial charge in [0.25, 0.3) is 0 Å². The molecule has 24 heavy (non-hydrogen) atoms. The summed E-state index contributed by atoms with van der Waals surface area (Å²) in [4.78, 5) is 4.66. The normalized spacial score (nSPS) is 13.9. The van der Waals surface area contributed by atoms with Gasteiger partial charge in [0.05, 0.1) is 11.4 Å². The lowest BCUT2D eigenvalue weighted by Gasteiger charge is -2.23. The Morgan fingerprint density at radius 1 is 1.08 bits per heavy atom. The second-order valence-corrected chi connectivity index (χ2v) is 6.62. The van der Waals surface area contributed by atoms with Crippen LogP contribution in [0.1, 0.15) is 37.1 Å². The average Bonchev–Trinajstić information content (AvgIpc) is 2.55. The molecular formula is C21H22FNO. The molecule has 2 nitrogen and oxygen atoms in total. The second kappa shape index (κ2) is 5.99. The summed E-state index contributed by atoms with van der Waals surface area (Å²) in [5.41, 5.74) is 2.86. The zero-order valence-electron chi connectivity index (χ0n) is 14.5. The van der Waals surface area contributed by atoms with E-state index in [0.717, 1.165) is 21.9 Å². The van der Waals surface area contributed by atoms with Crippen LogP contribution in [-0.2, 0) is 5.60 Å². The van der Waals surface area contributed by atoms with Gasteiger partial charge in [-0.1, -0.05) is 25.1 Å². The fraction of sp³-hybridized carbons (Fsp3) is 0.286. The van der Waals surface area contributed by atoms with E-state index in [1.807, 2.05) is 26.0 Å². The van der Waals surface area contributed by atoms with Crippen molar-refractivity contribution in [1.29, 1.82) is 0 Å². The highest BCUT2D eigenvalue weighted by Crippen LogP contribution is 2.34. The molecule has 1 unspecified atom stereocenters. The van der Waals surface area contributed by atoms with Crippen LogP contribution >= 0.6 is 0 Å². The lowest BCUT2D eigenvalue weighted by Crippen LogP contribution is -2.21. The van der Waals surface area contributed by atoms with Gasteiger partial charge in [0.2, 0.25) is 0 Å². The summed E-state index contributed by atoms with van der Waals surface area (Å²) >= 11 is 0. The Kier molecular flexibility index (Phi) is 4.14. The van der Waals surface area contributed by atoms with E-state index >= 15 is 0 Å². The lowest BCUT2D eigenvalue weighted by molar-refractivity contribution is 0.0488. The number of rotatable bonds is 3. The van der Waals surface area contributed by atoms with Gasteiger partial charge >= 0.3 is 0 Å². The van der Waals surface area contributed by atoms with Gasteiger partial charge in [-0.3, -0.25) is 0 Å². The van der Waals surface area contributed by atoms with Gasteiger partial charge < -0.3 is 5.11 Å². The zero-order chi connectivity index (χ0) is 17.5. The molecule has 1 atom stereocenters. The Morgan fingerprint density at radius 2 is 1.75 bits per heavy atom. The van der Waals surface area contributed by atoms with Gasteiger partial charge in [-0.2, -0.15) is 0 Å². The van der Waals surface area contributed by atoms with Crippen LogP contribution in [0.4, 0.5) is 4.39 Å². The van der Waals surface area contributed by atoms with E-state index in [9.17, 15) is 9.50 Å². The third-order valence-corrected chi connectivity index (χ3v) is 4.81. The Labute approximate surface area is 142 Å². The summed E-state index contributed by atoms with van der Waals surface area (Å²) in [7, 11) is 0. The maximum Gasteiger partial charge on any atom is 0.132 e. The van der Waals surface area contributed by atoms with Crippen LogP contribution < -0.4 is 0 Å². The van der Waals surface area contributed by atoms with E-state index in [1.165, 1.54) is 6.07 Å². The first-order chi connectivity index (χ1) is 11.3. The molecule has 3 rings (SSSR count). The highest BCUT2D eigenvalue weighted by Gasteiger charge is 2.24. The summed E-state index contributed by atoms with van der Waals surface area (Å²) in [5.74, 6) is -0.308. The van der Waals surface area contributed by atoms with Crippen LogP contribution in [0.15, 0.2) is 42.5 Å². The molecule has 1 N–H and O–H groups in total. The summed E-state index contributed by atoms with van der Waals surface area (Å²) in [6.45, 7) is 7.74. The monoisotopic (exact) mass is 323 g/mol. The van der Waals surface area contributed by atoms with Crippen molar-refractivity contribution in [1.82, 2.24) is 4.98 Å². The van der Waals surface area contributed by atoms with E-state index in [2.05, 4.69) is 18.0 Å². The number of hydrogen-bond donors (Lipinski definition) is 1. The van der Waals surface area contributed by atoms with Gasteiger partial charge in [0.15, 0.2) is 0 Å². The maximum atomic E-state index is 14.4. The van der Waals surface area contributed by atoms with E-state index in [-0.39, 0.29) is 5.82 Å². The van der Waals surface area contributed by atoms with Crippen molar-refractivity contribution in [2.75, 3.05) is 0 Å². The molecule has 0 aliphatic rings. The number of fused-ring (bicyclic) bond motifs is 1. The Bertz CT molecular complexity index is 915. The van der Waals surface area contributed by atoms with Gasteiger partial charge in [0.1, 0.15) is 11.4 Å². The molecule has 124 valence electrons. The van der Waals surface area contributed by atoms with Crippen LogP contribution in [0.2, 0.25) is 0 Å². The minimum absolute atomic E-state index is 0.308. The van der Waals surface area contributed by atoms with Gasteiger partial charge in [-0.15, -0.1) is 0 Å². The highest BCUT2D eigenvalue weighted by atomic mass is 19.1. The average molecular weight is 323 g/mol. The van der Waals surface area contributed by atoms with Gasteiger partial charge in [-0.25, -0.2) is 9.37 Å². The first-order valence-electron chi connectivity index (χ1n) is 8.23. The van der Waals surface area contributed by atoms with Crippen molar-refractivity contribution in [3.8, 4) is 11.3 Å². The lowest BCUT2D eigenvalue weighted by atomic mass is 9.93. The van der Waals surface area contributed by atoms with Gasteiger partial charge in [0, 0.05) is 10.9 Å². The van der Waals surface area contributed by atoms with Crippen LogP contribution in [0.3, 0.4) is 0 Å². The fourth-order valence-electron chi connectivity index (χ4n) is 2.84. The molecule has 0 aliphatic carbocycles. The standard InChI is InChI=1S/C21H22FNO/c1-5-21(4,24)19-12-15-10-13(2)14(3)11-17(15)20(23-19)16-8-6-7-9-18(16)22/h6-12,24H,5H2,1-4H3. The first-order valence-corrected chi connectivity index (χ1v) is 8.23. The molecule has 3 aromatic rings. The molecule has 0 radical (unpaired) electrons. The third-order valence-electron chi connectivity index (χ3n) is 4.81. The number of hydrogen-bond acceptors (Lipinski definition) is 2. The van der Waals surface area contributed by atoms with Crippen molar-refractivity contribution in [3.63, 3.8) is 0 Å². The number of aromatic nitrogens is 1. The first kappa shape index (κ1) is 16.6. The number of aliphatic hydroxyl groups is 1. The molecule has 0 fully saturated rings. The molecule has 1 aromatic heterocycles. The molecule has 2 aromatic carbocycles. The van der Waals surface area contributed by atoms with Crippen molar-refractivity contribution in [2.24, 2.45) is 0 Å². The zero-order valence-corrected chi connectivity index (χ0v) is 14.5. The molecule has 0 aliphatic heterocycles. The van der Waals surface area contributed by atoms with E-state index in [4.69, 9.17) is 0 Å². The maximum absolute atomic E-state index is 14.4. The molecule has 0 saturated carbocycles. The smallest absolute Gasteiger partial charge is 0.132 e. The summed E-state index contributed by atoms with van der Waals surface area (Å²) in [5, 5.41) is 12.5. The van der Waals surface area contributed by atoms with Crippen molar-refractivity contribution in [3.05, 3.63) is 65.1 Å². The van der Waals surface area contributed by atoms with Gasteiger partial charge in [-0.05, 0) is 68.0 Å². The predicted octanol–water partition coefficient (Wildman–Crippen LogP) is 5.28. The minimum atomic E-state index is -1.05. The van der Waals surface area contributed by atoms with E-state index in [1.54, 1.807) is 25.1 Å². The molecule has 0 spiro atoms. The van der Waals surface area contributed by atoms with Crippen LogP contribution in [0.25, 0.3) is 22.0 Å². The number of benzene rings is 2. The quantitative estimate of drug-likeness (QED) is 0.712. The third kappa shape index (κ3) is 2.80. The molecule has 0 saturated heterocycles. The summed E-state index contributed by atoms with van der Waals surface area (Å²) in [6, 6.07) is 12.7. The van der Waals surface area contributed by atoms with Crippen molar-refractivity contribution >= 4 is 10.8 Å². The molecule has 0 bridgehead atoms. The largest absolute Gasteiger partial charge is 0.384 e. The highest BCUT2D eigenvalue weighted by molar-refractivity contribution is 5.96. The van der Waals surface area contributed by atoms with Crippen LogP contribution in [0, 0.1) is 19.7 Å². The van der Waals surface area contributed by atoms with Crippen molar-refractivity contribution in [2.45, 2.75) is 39.7 Å². The van der Waals surface area contributed by atoms with Crippen LogP contribution in [-0.4, -0.2) is 10.1 Å². The van der Waals surface area contributed by atoms with E-state index in [0.29, 0.717) is 23.4 Å². The number of pyridine rings is 1.